The number of aliphatic hydroxyl groups excluding tert-OH is 1. The highest BCUT2D eigenvalue weighted by atomic mass is 16.3. The lowest BCUT2D eigenvalue weighted by Crippen LogP contribution is -2.53. The first-order valence-corrected chi connectivity index (χ1v) is 4.40. The Morgan fingerprint density at radius 2 is 2.18 bits per heavy atom. The van der Waals surface area contributed by atoms with E-state index in [0.717, 1.165) is 5.92 Å². The van der Waals surface area contributed by atoms with Crippen LogP contribution in [0.4, 0.5) is 0 Å². The molecule has 0 radical (unpaired) electrons. The summed E-state index contributed by atoms with van der Waals surface area (Å²) in [7, 11) is 0. The Kier molecular flexibility index (Phi) is 1.26. The van der Waals surface area contributed by atoms with Crippen LogP contribution in [0.2, 0.25) is 0 Å². The van der Waals surface area contributed by atoms with Crippen LogP contribution in [0.3, 0.4) is 0 Å². The molecule has 2 unspecified atom stereocenters. The Balaban J connectivity index is 2.34. The molecule has 1 N–H and O–H groups in total. The second kappa shape index (κ2) is 1.89. The molecular formula is C10H16O. The summed E-state index contributed by atoms with van der Waals surface area (Å²) >= 11 is 0. The molecule has 0 aromatic rings. The molecule has 0 aromatic heterocycles. The third-order valence-electron chi connectivity index (χ3n) is 3.74. The first-order chi connectivity index (χ1) is 5.03. The zero-order valence-electron chi connectivity index (χ0n) is 7.46. The second-order valence-electron chi connectivity index (χ2n) is 4.62. The smallest absolute Gasteiger partial charge is 0.0757 e. The van der Waals surface area contributed by atoms with Gasteiger partial charge in [-0.3, -0.25) is 0 Å². The summed E-state index contributed by atoms with van der Waals surface area (Å²) in [6.07, 6.45) is 3.07. The molecule has 1 heteroatoms. The summed E-state index contributed by atoms with van der Waals surface area (Å²) in [6.45, 7) is 6.68. The van der Waals surface area contributed by atoms with Crippen LogP contribution < -0.4 is 0 Å². The van der Waals surface area contributed by atoms with E-state index in [-0.39, 0.29) is 6.10 Å². The van der Waals surface area contributed by atoms with E-state index in [9.17, 15) is 5.11 Å². The van der Waals surface area contributed by atoms with E-state index in [1.165, 1.54) is 12.0 Å². The topological polar surface area (TPSA) is 20.2 Å². The summed E-state index contributed by atoms with van der Waals surface area (Å²) in [5.41, 5.74) is 1.75. The van der Waals surface area contributed by atoms with Crippen LogP contribution in [0.5, 0.6) is 0 Å². The molecule has 1 saturated carbocycles. The molecule has 1 nitrogen and oxygen atoms in total. The molecule has 0 amide bonds. The molecule has 3 rings (SSSR count). The predicted octanol–water partition coefficient (Wildman–Crippen LogP) is 1.97. The van der Waals surface area contributed by atoms with Gasteiger partial charge in [-0.15, -0.1) is 0 Å². The van der Waals surface area contributed by atoms with Crippen molar-refractivity contribution in [2.45, 2.75) is 33.3 Å². The lowest BCUT2D eigenvalue weighted by Gasteiger charge is -2.57. The van der Waals surface area contributed by atoms with Crippen LogP contribution in [0.15, 0.2) is 11.6 Å². The Bertz CT molecular complexity index is 215. The fourth-order valence-corrected chi connectivity index (χ4v) is 2.81. The minimum atomic E-state index is -0.171. The van der Waals surface area contributed by atoms with Crippen LogP contribution in [-0.4, -0.2) is 11.2 Å². The zero-order chi connectivity index (χ0) is 8.22. The minimum absolute atomic E-state index is 0.171. The number of allylic oxidation sites excluding steroid dienone is 1. The van der Waals surface area contributed by atoms with Gasteiger partial charge in [0.05, 0.1) is 6.10 Å². The maximum Gasteiger partial charge on any atom is 0.0757 e. The number of aliphatic hydroxyl groups is 1. The van der Waals surface area contributed by atoms with Crippen LogP contribution in [0, 0.1) is 17.3 Å². The minimum Gasteiger partial charge on any atom is -0.389 e. The van der Waals surface area contributed by atoms with E-state index in [0.29, 0.717) is 11.3 Å². The lowest BCUT2D eigenvalue weighted by atomic mass is 9.48. The van der Waals surface area contributed by atoms with E-state index in [1.54, 1.807) is 0 Å². The van der Waals surface area contributed by atoms with Crippen molar-refractivity contribution >= 4 is 0 Å². The van der Waals surface area contributed by atoms with E-state index in [2.05, 4.69) is 20.8 Å². The molecule has 2 bridgehead atoms. The van der Waals surface area contributed by atoms with Gasteiger partial charge in [0.25, 0.3) is 0 Å². The number of rotatable bonds is 0. The van der Waals surface area contributed by atoms with Gasteiger partial charge in [-0.25, -0.2) is 0 Å². The van der Waals surface area contributed by atoms with Gasteiger partial charge in [0.2, 0.25) is 0 Å². The van der Waals surface area contributed by atoms with Crippen LogP contribution in [0.1, 0.15) is 27.2 Å². The maximum atomic E-state index is 9.65. The normalized spacial score (nSPS) is 46.2. The van der Waals surface area contributed by atoms with Crippen molar-refractivity contribution in [3.63, 3.8) is 0 Å². The van der Waals surface area contributed by atoms with Crippen molar-refractivity contribution in [1.29, 1.82) is 0 Å². The Labute approximate surface area is 68.1 Å². The van der Waals surface area contributed by atoms with Gasteiger partial charge in [-0.1, -0.05) is 25.5 Å². The molecule has 62 valence electrons. The summed E-state index contributed by atoms with van der Waals surface area (Å²) in [6, 6.07) is 0. The predicted molar refractivity (Wildman–Crippen MR) is 45.1 cm³/mol. The molecule has 0 aromatic carbocycles. The third kappa shape index (κ3) is 0.750. The van der Waals surface area contributed by atoms with Crippen molar-refractivity contribution in [1.82, 2.24) is 0 Å². The van der Waals surface area contributed by atoms with Gasteiger partial charge in [0.15, 0.2) is 0 Å². The fraction of sp³-hybridized carbons (Fsp3) is 0.800. The summed E-state index contributed by atoms with van der Waals surface area (Å²) in [5.74, 6) is 1.27. The van der Waals surface area contributed by atoms with Crippen LogP contribution in [-0.2, 0) is 0 Å². The summed E-state index contributed by atoms with van der Waals surface area (Å²) < 4.78 is 0. The number of fused-ring (bicyclic) bond motifs is 1. The molecule has 1 fully saturated rings. The SMILES string of the molecule is CC1=CC(O)[C@H]2CC1C2(C)C. The first-order valence-electron chi connectivity index (χ1n) is 4.40. The highest BCUT2D eigenvalue weighted by Gasteiger charge is 2.53. The lowest BCUT2D eigenvalue weighted by molar-refractivity contribution is -0.0760. The van der Waals surface area contributed by atoms with Crippen molar-refractivity contribution < 1.29 is 5.11 Å². The quantitative estimate of drug-likeness (QED) is 0.526. The van der Waals surface area contributed by atoms with E-state index < -0.39 is 0 Å². The molecule has 0 spiro atoms. The molecule has 0 saturated heterocycles. The Morgan fingerprint density at radius 3 is 2.55 bits per heavy atom. The third-order valence-corrected chi connectivity index (χ3v) is 3.74. The van der Waals surface area contributed by atoms with Crippen molar-refractivity contribution in [2.75, 3.05) is 0 Å². The second-order valence-corrected chi connectivity index (χ2v) is 4.62. The Morgan fingerprint density at radius 1 is 1.55 bits per heavy atom. The number of hydrogen-bond donors (Lipinski definition) is 1. The molecule has 3 aliphatic carbocycles. The summed E-state index contributed by atoms with van der Waals surface area (Å²) in [5, 5.41) is 9.65. The van der Waals surface area contributed by atoms with Gasteiger partial charge < -0.3 is 5.11 Å². The van der Waals surface area contributed by atoms with Gasteiger partial charge in [0, 0.05) is 0 Å². The fourth-order valence-electron chi connectivity index (χ4n) is 2.81. The van der Waals surface area contributed by atoms with Crippen molar-refractivity contribution in [3.05, 3.63) is 11.6 Å². The first kappa shape index (κ1) is 7.35. The van der Waals surface area contributed by atoms with E-state index in [1.807, 2.05) is 6.08 Å². The molecule has 11 heavy (non-hydrogen) atoms. The largest absolute Gasteiger partial charge is 0.389 e. The average molecular weight is 152 g/mol. The van der Waals surface area contributed by atoms with Crippen molar-refractivity contribution in [2.24, 2.45) is 17.3 Å². The van der Waals surface area contributed by atoms with Gasteiger partial charge in [0.1, 0.15) is 0 Å². The summed E-state index contributed by atoms with van der Waals surface area (Å²) in [4.78, 5) is 0. The molecule has 3 aliphatic rings. The standard InChI is InChI=1S/C10H16O/c1-6-4-9(11)8-5-7(6)10(8,2)3/h4,7-9,11H,5H2,1-3H3/t7?,8-,9?/m1/s1. The monoisotopic (exact) mass is 152 g/mol. The van der Waals surface area contributed by atoms with Crippen molar-refractivity contribution in [3.8, 4) is 0 Å². The van der Waals surface area contributed by atoms with E-state index in [4.69, 9.17) is 0 Å². The zero-order valence-corrected chi connectivity index (χ0v) is 7.46. The molecule has 0 heterocycles. The molecule has 3 atom stereocenters. The average Bonchev–Trinajstić information content (AvgIpc) is 1.84. The highest BCUT2D eigenvalue weighted by Crippen LogP contribution is 2.58. The van der Waals surface area contributed by atoms with Gasteiger partial charge in [-0.05, 0) is 30.6 Å². The van der Waals surface area contributed by atoms with Gasteiger partial charge >= 0.3 is 0 Å². The molecular weight excluding hydrogens is 136 g/mol. The van der Waals surface area contributed by atoms with E-state index >= 15 is 0 Å². The number of hydrogen-bond acceptors (Lipinski definition) is 1. The Hall–Kier alpha value is -0.300. The van der Waals surface area contributed by atoms with Crippen LogP contribution in [0.25, 0.3) is 0 Å². The molecule has 0 aliphatic heterocycles. The van der Waals surface area contributed by atoms with Crippen LogP contribution >= 0.6 is 0 Å². The van der Waals surface area contributed by atoms with Gasteiger partial charge in [-0.2, -0.15) is 0 Å². The highest BCUT2D eigenvalue weighted by molar-refractivity contribution is 5.24. The maximum absolute atomic E-state index is 9.65.